The van der Waals surface area contributed by atoms with Crippen molar-refractivity contribution in [3.8, 4) is 0 Å². The minimum atomic E-state index is -0.0555. The topological polar surface area (TPSA) is 26.3 Å². The normalized spacial score (nSPS) is 8.75. The third-order valence-corrected chi connectivity index (χ3v) is 1.48. The fourth-order valence-electron chi connectivity index (χ4n) is 0.351. The van der Waals surface area contributed by atoms with Crippen LogP contribution in [0.5, 0.6) is 0 Å². The van der Waals surface area contributed by atoms with E-state index in [1.54, 1.807) is 0 Å². The van der Waals surface area contributed by atoms with E-state index in [9.17, 15) is 4.79 Å². The number of carbonyl (C=O) groups is 1. The summed E-state index contributed by atoms with van der Waals surface area (Å²) >= 11 is 1.15. The van der Waals surface area contributed by atoms with Crippen LogP contribution in [0.4, 0.5) is 0 Å². The summed E-state index contributed by atoms with van der Waals surface area (Å²) in [5.74, 6) is -0.0555. The van der Waals surface area contributed by atoms with Gasteiger partial charge in [0.15, 0.2) is 0 Å². The summed E-state index contributed by atoms with van der Waals surface area (Å²) < 4.78 is 5.67. The van der Waals surface area contributed by atoms with Crippen LogP contribution < -0.4 is 0 Å². The van der Waals surface area contributed by atoms with Gasteiger partial charge < -0.3 is 0 Å². The molecule has 0 amide bonds. The maximum absolute atomic E-state index is 10.4. The molecule has 0 fully saturated rings. The number of carbonyl (C=O) groups excluding carboxylic acids is 1. The summed E-state index contributed by atoms with van der Waals surface area (Å²) in [6.07, 6.45) is 0.607. The van der Waals surface area contributed by atoms with Crippen molar-refractivity contribution < 1.29 is 9.53 Å². The Balaban J connectivity index is 3.06. The van der Waals surface area contributed by atoms with Crippen molar-refractivity contribution in [3.05, 3.63) is 0 Å². The van der Waals surface area contributed by atoms with Gasteiger partial charge >= 0.3 is 62.4 Å². The summed E-state index contributed by atoms with van der Waals surface area (Å²) in [5, 5.41) is 0. The monoisotopic (exact) mass is 222 g/mol. The van der Waals surface area contributed by atoms with E-state index in [0.29, 0.717) is 13.0 Å². The Labute approximate surface area is 62.7 Å². The molecule has 0 bridgehead atoms. The van der Waals surface area contributed by atoms with E-state index in [1.165, 1.54) is 0 Å². The molecule has 0 atom stereocenters. The SMILES string of the molecule is CCOC(=O)C[CH2][SnH]. The molecule has 3 heteroatoms. The van der Waals surface area contributed by atoms with Crippen LogP contribution in [0.1, 0.15) is 13.3 Å². The van der Waals surface area contributed by atoms with Gasteiger partial charge in [-0.1, -0.05) is 0 Å². The fraction of sp³-hybridized carbons (Fsp3) is 0.800. The van der Waals surface area contributed by atoms with Crippen LogP contribution in [0.15, 0.2) is 0 Å². The predicted octanol–water partition coefficient (Wildman–Crippen LogP) is 0.259. The van der Waals surface area contributed by atoms with Crippen LogP contribution in [0, 0.1) is 0 Å². The van der Waals surface area contributed by atoms with E-state index in [-0.39, 0.29) is 5.97 Å². The van der Waals surface area contributed by atoms with E-state index in [2.05, 4.69) is 4.74 Å². The van der Waals surface area contributed by atoms with Crippen LogP contribution >= 0.6 is 0 Å². The van der Waals surface area contributed by atoms with Crippen molar-refractivity contribution in [1.82, 2.24) is 0 Å². The van der Waals surface area contributed by atoms with E-state index in [4.69, 9.17) is 0 Å². The molecule has 0 aliphatic heterocycles. The first kappa shape index (κ1) is 8.27. The van der Waals surface area contributed by atoms with Gasteiger partial charge in [0.25, 0.3) is 0 Å². The number of hydrogen-bond donors (Lipinski definition) is 0. The van der Waals surface area contributed by atoms with E-state index in [0.717, 1.165) is 27.0 Å². The molecule has 0 aliphatic rings. The Bertz CT molecular complexity index is 64.8. The number of hydrogen-bond acceptors (Lipinski definition) is 2. The van der Waals surface area contributed by atoms with Gasteiger partial charge in [-0.3, -0.25) is 0 Å². The molecule has 0 N–H and O–H groups in total. The van der Waals surface area contributed by atoms with Gasteiger partial charge in [0.05, 0.1) is 0 Å². The Morgan fingerprint density at radius 3 is 2.75 bits per heavy atom. The molecule has 0 aromatic carbocycles. The van der Waals surface area contributed by atoms with Crippen LogP contribution in [-0.2, 0) is 9.53 Å². The van der Waals surface area contributed by atoms with Crippen molar-refractivity contribution in [2.45, 2.75) is 17.8 Å². The van der Waals surface area contributed by atoms with Crippen molar-refractivity contribution in [1.29, 1.82) is 0 Å². The molecule has 46 valence electrons. The molecule has 2 nitrogen and oxygen atoms in total. The zero-order chi connectivity index (χ0) is 6.41. The quantitative estimate of drug-likeness (QED) is 0.504. The molecule has 0 rings (SSSR count). The van der Waals surface area contributed by atoms with E-state index < -0.39 is 0 Å². The molecular formula is C5H10O2Sn. The van der Waals surface area contributed by atoms with Crippen LogP contribution in [0.25, 0.3) is 0 Å². The van der Waals surface area contributed by atoms with Gasteiger partial charge in [0, 0.05) is 0 Å². The Kier molecular flexibility index (Phi) is 5.59. The first-order valence-corrected chi connectivity index (χ1v) is 5.00. The molecule has 0 aromatic heterocycles. The summed E-state index contributed by atoms with van der Waals surface area (Å²) in [6.45, 7) is 2.34. The Morgan fingerprint density at radius 2 is 2.38 bits per heavy atom. The molecule has 0 spiro atoms. The molecule has 0 unspecified atom stereocenters. The van der Waals surface area contributed by atoms with Gasteiger partial charge in [-0.25, -0.2) is 0 Å². The molecular weight excluding hydrogens is 211 g/mol. The maximum atomic E-state index is 10.4. The number of ether oxygens (including phenoxy) is 1. The Hall–Kier alpha value is 0.269. The summed E-state index contributed by atoms with van der Waals surface area (Å²) in [7, 11) is 0. The second kappa shape index (κ2) is 5.41. The van der Waals surface area contributed by atoms with Crippen molar-refractivity contribution in [2.75, 3.05) is 6.61 Å². The van der Waals surface area contributed by atoms with Crippen LogP contribution in [-0.4, -0.2) is 35.1 Å². The van der Waals surface area contributed by atoms with Gasteiger partial charge in [-0.2, -0.15) is 0 Å². The molecule has 0 heterocycles. The van der Waals surface area contributed by atoms with Gasteiger partial charge in [0.2, 0.25) is 0 Å². The third kappa shape index (κ3) is 4.43. The summed E-state index contributed by atoms with van der Waals surface area (Å²) in [6, 6.07) is 0. The minimum absolute atomic E-state index is 0.0555. The molecule has 2 radical (unpaired) electrons. The van der Waals surface area contributed by atoms with Gasteiger partial charge in [-0.15, -0.1) is 0 Å². The van der Waals surface area contributed by atoms with Crippen LogP contribution in [0.3, 0.4) is 0 Å². The predicted molar refractivity (Wildman–Crippen MR) is 33.2 cm³/mol. The van der Waals surface area contributed by atoms with Crippen molar-refractivity contribution >= 4 is 28.5 Å². The van der Waals surface area contributed by atoms with Crippen molar-refractivity contribution in [2.24, 2.45) is 0 Å². The summed E-state index contributed by atoms with van der Waals surface area (Å²) in [5.41, 5.74) is 0. The van der Waals surface area contributed by atoms with Crippen molar-refractivity contribution in [3.63, 3.8) is 0 Å². The van der Waals surface area contributed by atoms with Crippen LogP contribution in [0.2, 0.25) is 4.44 Å². The van der Waals surface area contributed by atoms with Gasteiger partial charge in [-0.05, 0) is 0 Å². The van der Waals surface area contributed by atoms with E-state index >= 15 is 0 Å². The standard InChI is InChI=1S/C5H9O2.Sn.H/c1-3-5(6)7-4-2;;/h1,3-4H2,2H3;;. The van der Waals surface area contributed by atoms with E-state index in [1.807, 2.05) is 6.92 Å². The number of rotatable bonds is 3. The zero-order valence-corrected chi connectivity index (χ0v) is 8.31. The summed E-state index contributed by atoms with van der Waals surface area (Å²) in [4.78, 5) is 10.4. The number of esters is 1. The average Bonchev–Trinajstić information content (AvgIpc) is 1.68. The Morgan fingerprint density at radius 1 is 1.75 bits per heavy atom. The average molecular weight is 221 g/mol. The molecule has 0 aromatic rings. The third-order valence-electron chi connectivity index (χ3n) is 0.654. The fourth-order valence-corrected chi connectivity index (χ4v) is 1.02. The molecule has 0 aliphatic carbocycles. The van der Waals surface area contributed by atoms with Gasteiger partial charge in [0.1, 0.15) is 0 Å². The molecule has 0 saturated carbocycles. The second-order valence-electron chi connectivity index (χ2n) is 1.34. The molecule has 8 heavy (non-hydrogen) atoms. The zero-order valence-electron chi connectivity index (χ0n) is 5.02. The first-order chi connectivity index (χ1) is 3.81. The molecule has 0 saturated heterocycles. The second-order valence-corrected chi connectivity index (χ2v) is 2.99. The first-order valence-electron chi connectivity index (χ1n) is 2.67.